The number of hydrazine groups is 1. The van der Waals surface area contributed by atoms with E-state index in [2.05, 4.69) is 21.4 Å². The zero-order valence-corrected chi connectivity index (χ0v) is 11.9. The van der Waals surface area contributed by atoms with Gasteiger partial charge < -0.3 is 4.74 Å². The number of hydrogen-bond acceptors (Lipinski definition) is 3. The molecule has 0 radical (unpaired) electrons. The van der Waals surface area contributed by atoms with Crippen LogP contribution in [0.15, 0.2) is 53.0 Å². The average molecular weight is 339 g/mol. The van der Waals surface area contributed by atoms with Gasteiger partial charge in [0.15, 0.2) is 0 Å². The number of carbonyl (C=O) groups excluding carboxylic acids is 1. The highest BCUT2D eigenvalue weighted by Crippen LogP contribution is 2.30. The number of carbonyl (C=O) groups is 1. The van der Waals surface area contributed by atoms with E-state index in [4.69, 9.17) is 10.6 Å². The molecule has 0 heterocycles. The molecule has 3 N–H and O–H groups in total. The highest BCUT2D eigenvalue weighted by atomic mass is 79.9. The number of nitrogens with one attached hydrogen (secondary N) is 1. The topological polar surface area (TPSA) is 64.3 Å². The quantitative estimate of drug-likeness (QED) is 0.511. The fraction of sp³-hybridized carbons (Fsp3) is 0.0714. The van der Waals surface area contributed by atoms with Crippen molar-refractivity contribution in [2.45, 2.75) is 6.10 Å². The van der Waals surface area contributed by atoms with Crippen molar-refractivity contribution >= 4 is 21.8 Å². The molecule has 0 saturated heterocycles. The highest BCUT2D eigenvalue weighted by Gasteiger charge is 2.22. The van der Waals surface area contributed by atoms with Gasteiger partial charge in [0.1, 0.15) is 11.6 Å². The molecule has 20 heavy (non-hydrogen) atoms. The molecule has 0 spiro atoms. The predicted octanol–water partition coefficient (Wildman–Crippen LogP) is 2.70. The largest absolute Gasteiger partial charge is 0.475 e. The number of rotatable bonds is 4. The average Bonchev–Trinajstić information content (AvgIpc) is 2.46. The Bertz CT molecular complexity index is 607. The fourth-order valence-electron chi connectivity index (χ4n) is 1.67. The number of nitrogens with two attached hydrogens (primary N) is 1. The molecule has 0 aliphatic heterocycles. The lowest BCUT2D eigenvalue weighted by molar-refractivity contribution is -0.128. The Balaban J connectivity index is 2.31. The Kier molecular flexibility index (Phi) is 4.70. The molecule has 104 valence electrons. The Morgan fingerprint density at radius 1 is 1.25 bits per heavy atom. The predicted molar refractivity (Wildman–Crippen MR) is 76.2 cm³/mol. The lowest BCUT2D eigenvalue weighted by Crippen LogP contribution is -2.37. The maximum absolute atomic E-state index is 13.0. The Morgan fingerprint density at radius 2 is 1.95 bits per heavy atom. The molecule has 0 fully saturated rings. The molecule has 1 amide bonds. The summed E-state index contributed by atoms with van der Waals surface area (Å²) < 4.78 is 19.1. The summed E-state index contributed by atoms with van der Waals surface area (Å²) in [6.45, 7) is 0. The Hall–Kier alpha value is -1.92. The van der Waals surface area contributed by atoms with Gasteiger partial charge in [-0.2, -0.15) is 0 Å². The number of benzene rings is 2. The lowest BCUT2D eigenvalue weighted by atomic mass is 10.1. The molecular weight excluding hydrogens is 327 g/mol. The normalized spacial score (nSPS) is 11.8. The summed E-state index contributed by atoms with van der Waals surface area (Å²) in [6, 6.07) is 12.9. The van der Waals surface area contributed by atoms with Crippen LogP contribution in [0.1, 0.15) is 11.7 Å². The van der Waals surface area contributed by atoms with Gasteiger partial charge in [0.05, 0.1) is 4.47 Å². The molecule has 4 nitrogen and oxygen atoms in total. The maximum atomic E-state index is 13.0. The fourth-order valence-corrected chi connectivity index (χ4v) is 2.12. The van der Waals surface area contributed by atoms with E-state index in [-0.39, 0.29) is 0 Å². The first-order chi connectivity index (χ1) is 9.61. The third kappa shape index (κ3) is 3.34. The van der Waals surface area contributed by atoms with Gasteiger partial charge in [0, 0.05) is 5.56 Å². The van der Waals surface area contributed by atoms with Crippen LogP contribution < -0.4 is 16.0 Å². The summed E-state index contributed by atoms with van der Waals surface area (Å²) in [7, 11) is 0. The highest BCUT2D eigenvalue weighted by molar-refractivity contribution is 9.10. The van der Waals surface area contributed by atoms with Crippen molar-refractivity contribution < 1.29 is 13.9 Å². The number of amides is 1. The molecule has 2 rings (SSSR count). The maximum Gasteiger partial charge on any atom is 0.279 e. The minimum absolute atomic E-state index is 0.351. The van der Waals surface area contributed by atoms with Crippen LogP contribution in [0.5, 0.6) is 5.75 Å². The SMILES string of the molecule is NNC(=O)C(Oc1ccc(F)cc1Br)c1ccccc1. The van der Waals surface area contributed by atoms with Crippen LogP contribution in [-0.4, -0.2) is 5.91 Å². The summed E-state index contributed by atoms with van der Waals surface area (Å²) >= 11 is 3.19. The standard InChI is InChI=1S/C14H12BrFN2O2/c15-11-8-10(16)6-7-12(11)20-13(14(19)18-17)9-4-2-1-3-5-9/h1-8,13H,17H2,(H,18,19). The van der Waals surface area contributed by atoms with Crippen LogP contribution in [0, 0.1) is 5.82 Å². The molecule has 0 aromatic heterocycles. The van der Waals surface area contributed by atoms with Crippen molar-refractivity contribution in [3.05, 3.63) is 64.4 Å². The van der Waals surface area contributed by atoms with Gasteiger partial charge in [0.2, 0.25) is 6.10 Å². The van der Waals surface area contributed by atoms with E-state index >= 15 is 0 Å². The lowest BCUT2D eigenvalue weighted by Gasteiger charge is -2.18. The summed E-state index contributed by atoms with van der Waals surface area (Å²) in [6.07, 6.45) is -0.914. The molecule has 0 aliphatic rings. The van der Waals surface area contributed by atoms with Gasteiger partial charge in [-0.1, -0.05) is 30.3 Å². The Morgan fingerprint density at radius 3 is 2.55 bits per heavy atom. The second-order valence-corrected chi connectivity index (χ2v) is 4.85. The second kappa shape index (κ2) is 6.49. The molecule has 6 heteroatoms. The Labute approximate surface area is 123 Å². The molecule has 0 aliphatic carbocycles. The third-order valence-electron chi connectivity index (χ3n) is 2.62. The first-order valence-electron chi connectivity index (χ1n) is 5.79. The molecule has 2 aromatic rings. The van der Waals surface area contributed by atoms with E-state index in [0.29, 0.717) is 15.8 Å². The van der Waals surface area contributed by atoms with Gasteiger partial charge in [0.25, 0.3) is 5.91 Å². The van der Waals surface area contributed by atoms with Gasteiger partial charge in [-0.05, 0) is 34.1 Å². The van der Waals surface area contributed by atoms with Gasteiger partial charge in [-0.15, -0.1) is 0 Å². The van der Waals surface area contributed by atoms with Crippen LogP contribution in [0.25, 0.3) is 0 Å². The van der Waals surface area contributed by atoms with Crippen LogP contribution in [0.2, 0.25) is 0 Å². The van der Waals surface area contributed by atoms with E-state index in [0.717, 1.165) is 0 Å². The van der Waals surface area contributed by atoms with Crippen molar-refractivity contribution in [1.82, 2.24) is 5.43 Å². The second-order valence-electron chi connectivity index (χ2n) is 3.99. The summed E-state index contributed by atoms with van der Waals surface area (Å²) in [5.74, 6) is 4.63. The third-order valence-corrected chi connectivity index (χ3v) is 3.24. The first-order valence-corrected chi connectivity index (χ1v) is 6.58. The van der Waals surface area contributed by atoms with Crippen molar-refractivity contribution in [1.29, 1.82) is 0 Å². The van der Waals surface area contributed by atoms with Gasteiger partial charge in [-0.25, -0.2) is 10.2 Å². The summed E-state index contributed by atoms with van der Waals surface area (Å²) in [5, 5.41) is 0. The van der Waals surface area contributed by atoms with Gasteiger partial charge in [-0.3, -0.25) is 10.2 Å². The minimum atomic E-state index is -0.914. The van der Waals surface area contributed by atoms with E-state index in [1.807, 2.05) is 6.07 Å². The van der Waals surface area contributed by atoms with Crippen LogP contribution in [0.4, 0.5) is 4.39 Å². The van der Waals surface area contributed by atoms with E-state index in [9.17, 15) is 9.18 Å². The number of ether oxygens (including phenoxy) is 1. The van der Waals surface area contributed by atoms with E-state index in [1.165, 1.54) is 18.2 Å². The number of hydrogen-bond donors (Lipinski definition) is 2. The monoisotopic (exact) mass is 338 g/mol. The molecule has 2 aromatic carbocycles. The van der Waals surface area contributed by atoms with Gasteiger partial charge >= 0.3 is 0 Å². The molecule has 0 bridgehead atoms. The zero-order valence-electron chi connectivity index (χ0n) is 10.3. The molecule has 1 atom stereocenters. The van der Waals surface area contributed by atoms with Crippen molar-refractivity contribution in [3.63, 3.8) is 0 Å². The van der Waals surface area contributed by atoms with Crippen molar-refractivity contribution in [3.8, 4) is 5.75 Å². The molecule has 1 unspecified atom stereocenters. The molecular formula is C14H12BrFN2O2. The van der Waals surface area contributed by atoms with Crippen molar-refractivity contribution in [2.75, 3.05) is 0 Å². The van der Waals surface area contributed by atoms with Crippen LogP contribution in [0.3, 0.4) is 0 Å². The van der Waals surface area contributed by atoms with E-state index in [1.54, 1.807) is 24.3 Å². The summed E-state index contributed by atoms with van der Waals surface area (Å²) in [4.78, 5) is 11.8. The first kappa shape index (κ1) is 14.5. The minimum Gasteiger partial charge on any atom is -0.475 e. The zero-order chi connectivity index (χ0) is 14.5. The van der Waals surface area contributed by atoms with Crippen LogP contribution >= 0.6 is 15.9 Å². The van der Waals surface area contributed by atoms with E-state index < -0.39 is 17.8 Å². The smallest absolute Gasteiger partial charge is 0.279 e. The number of halogens is 2. The summed E-state index contributed by atoms with van der Waals surface area (Å²) in [5.41, 5.74) is 2.71. The van der Waals surface area contributed by atoms with Crippen molar-refractivity contribution in [2.24, 2.45) is 5.84 Å². The molecule has 0 saturated carbocycles. The van der Waals surface area contributed by atoms with Crippen LogP contribution in [-0.2, 0) is 4.79 Å².